The fourth-order valence-electron chi connectivity index (χ4n) is 2.27. The minimum Gasteiger partial charge on any atom is -0.341 e. The molecule has 1 heterocycles. The molecule has 2 aromatic carbocycles. The van der Waals surface area contributed by atoms with Crippen molar-refractivity contribution in [3.8, 4) is 12.3 Å². The van der Waals surface area contributed by atoms with Crippen LogP contribution in [0.5, 0.6) is 0 Å². The summed E-state index contributed by atoms with van der Waals surface area (Å²) in [6, 6.07) is 13.9. The van der Waals surface area contributed by atoms with E-state index >= 15 is 0 Å². The molecule has 0 fully saturated rings. The number of para-hydroxylation sites is 3. The summed E-state index contributed by atoms with van der Waals surface area (Å²) in [5.41, 5.74) is 2.18. The molecule has 0 spiro atoms. The zero-order chi connectivity index (χ0) is 17.6. The van der Waals surface area contributed by atoms with Gasteiger partial charge >= 0.3 is 0 Å². The number of anilines is 1. The predicted octanol–water partition coefficient (Wildman–Crippen LogP) is 2.25. The van der Waals surface area contributed by atoms with Gasteiger partial charge in [0.05, 0.1) is 35.0 Å². The van der Waals surface area contributed by atoms with E-state index < -0.39 is 5.91 Å². The van der Waals surface area contributed by atoms with Gasteiger partial charge in [-0.3, -0.25) is 14.6 Å². The molecular weight excluding hydrogens is 316 g/mol. The molecule has 0 unspecified atom stereocenters. The minimum absolute atomic E-state index is 0.108. The molecular formula is C19H14N4O2. The lowest BCUT2D eigenvalue weighted by atomic mass is 10.1. The van der Waals surface area contributed by atoms with Crippen molar-refractivity contribution in [2.24, 2.45) is 0 Å². The quantitative estimate of drug-likeness (QED) is 0.719. The van der Waals surface area contributed by atoms with Gasteiger partial charge in [-0.1, -0.05) is 30.2 Å². The summed E-state index contributed by atoms with van der Waals surface area (Å²) in [6.45, 7) is 0.108. The molecule has 0 atom stereocenters. The highest BCUT2D eigenvalue weighted by atomic mass is 16.2. The maximum absolute atomic E-state index is 12.5. The van der Waals surface area contributed by atoms with Gasteiger partial charge in [0.15, 0.2) is 0 Å². The number of aromatic nitrogens is 2. The standard InChI is InChI=1S/C19H14N4O2/c1-2-11-20-18(24)13-7-3-4-8-14(13)23-19(25)17-12-21-15-9-5-6-10-16(15)22-17/h1,3-10,12H,11H2,(H,20,24)(H,23,25). The first-order valence-corrected chi connectivity index (χ1v) is 7.53. The number of amides is 2. The van der Waals surface area contributed by atoms with E-state index in [1.807, 2.05) is 18.2 Å². The van der Waals surface area contributed by atoms with E-state index in [4.69, 9.17) is 6.42 Å². The summed E-state index contributed by atoms with van der Waals surface area (Å²) in [6.07, 6.45) is 6.55. The summed E-state index contributed by atoms with van der Waals surface area (Å²) in [4.78, 5) is 33.1. The molecule has 0 radical (unpaired) electrons. The second-order valence-electron chi connectivity index (χ2n) is 5.13. The molecule has 0 aliphatic rings. The third-order valence-corrected chi connectivity index (χ3v) is 3.45. The lowest BCUT2D eigenvalue weighted by Gasteiger charge is -2.10. The monoisotopic (exact) mass is 330 g/mol. The van der Waals surface area contributed by atoms with Crippen LogP contribution in [0, 0.1) is 12.3 Å². The smallest absolute Gasteiger partial charge is 0.275 e. The van der Waals surface area contributed by atoms with E-state index in [1.54, 1.807) is 30.3 Å². The molecule has 1 aromatic heterocycles. The lowest BCUT2D eigenvalue weighted by molar-refractivity contribution is 0.0959. The Hall–Kier alpha value is -3.72. The van der Waals surface area contributed by atoms with Crippen LogP contribution in [0.15, 0.2) is 54.7 Å². The largest absolute Gasteiger partial charge is 0.341 e. The lowest BCUT2D eigenvalue weighted by Crippen LogP contribution is -2.25. The van der Waals surface area contributed by atoms with Crippen LogP contribution < -0.4 is 10.6 Å². The van der Waals surface area contributed by atoms with Crippen molar-refractivity contribution in [2.75, 3.05) is 11.9 Å². The number of carbonyl (C=O) groups is 2. The second kappa shape index (κ2) is 7.23. The number of fused-ring (bicyclic) bond motifs is 1. The molecule has 0 bridgehead atoms. The zero-order valence-corrected chi connectivity index (χ0v) is 13.2. The van der Waals surface area contributed by atoms with Gasteiger partial charge in [0.1, 0.15) is 5.69 Å². The molecule has 3 aromatic rings. The minimum atomic E-state index is -0.449. The molecule has 25 heavy (non-hydrogen) atoms. The van der Waals surface area contributed by atoms with E-state index in [1.165, 1.54) is 6.20 Å². The van der Waals surface area contributed by atoms with Crippen molar-refractivity contribution < 1.29 is 9.59 Å². The normalized spacial score (nSPS) is 10.0. The molecule has 6 heteroatoms. The van der Waals surface area contributed by atoms with E-state index in [2.05, 4.69) is 26.5 Å². The Kier molecular flexibility index (Phi) is 4.67. The fourth-order valence-corrected chi connectivity index (χ4v) is 2.27. The highest BCUT2D eigenvalue weighted by Crippen LogP contribution is 2.16. The van der Waals surface area contributed by atoms with Gasteiger partial charge in [-0.2, -0.15) is 0 Å². The van der Waals surface area contributed by atoms with Crippen molar-refractivity contribution in [2.45, 2.75) is 0 Å². The summed E-state index contributed by atoms with van der Waals surface area (Å²) in [7, 11) is 0. The van der Waals surface area contributed by atoms with Gasteiger partial charge < -0.3 is 10.6 Å². The van der Waals surface area contributed by atoms with Gasteiger partial charge in [0, 0.05) is 0 Å². The topological polar surface area (TPSA) is 84.0 Å². The molecule has 6 nitrogen and oxygen atoms in total. The van der Waals surface area contributed by atoms with Crippen LogP contribution in [0.2, 0.25) is 0 Å². The Morgan fingerprint density at radius 2 is 1.72 bits per heavy atom. The molecule has 3 rings (SSSR count). The van der Waals surface area contributed by atoms with E-state index in [-0.39, 0.29) is 18.1 Å². The Bertz CT molecular complexity index is 992. The van der Waals surface area contributed by atoms with Crippen molar-refractivity contribution in [3.63, 3.8) is 0 Å². The van der Waals surface area contributed by atoms with Gasteiger partial charge in [0.25, 0.3) is 11.8 Å². The maximum Gasteiger partial charge on any atom is 0.275 e. The van der Waals surface area contributed by atoms with Crippen LogP contribution >= 0.6 is 0 Å². The van der Waals surface area contributed by atoms with Crippen molar-refractivity contribution in [1.29, 1.82) is 0 Å². The number of nitrogens with one attached hydrogen (secondary N) is 2. The highest BCUT2D eigenvalue weighted by Gasteiger charge is 2.15. The average Bonchev–Trinajstić information content (AvgIpc) is 2.66. The summed E-state index contributed by atoms with van der Waals surface area (Å²) in [5, 5.41) is 5.27. The zero-order valence-electron chi connectivity index (χ0n) is 13.2. The molecule has 122 valence electrons. The third-order valence-electron chi connectivity index (χ3n) is 3.45. The van der Waals surface area contributed by atoms with Crippen LogP contribution in [-0.4, -0.2) is 28.3 Å². The highest BCUT2D eigenvalue weighted by molar-refractivity contribution is 6.08. The van der Waals surface area contributed by atoms with Crippen molar-refractivity contribution in [3.05, 3.63) is 66.0 Å². The molecule has 0 aliphatic heterocycles. The van der Waals surface area contributed by atoms with Crippen LogP contribution in [-0.2, 0) is 0 Å². The molecule has 0 aliphatic carbocycles. The fraction of sp³-hybridized carbons (Fsp3) is 0.0526. The van der Waals surface area contributed by atoms with Crippen molar-refractivity contribution >= 4 is 28.5 Å². The molecule has 2 amide bonds. The molecule has 0 saturated carbocycles. The first kappa shape index (κ1) is 16.1. The second-order valence-corrected chi connectivity index (χ2v) is 5.13. The Morgan fingerprint density at radius 1 is 1.00 bits per heavy atom. The number of hydrogen-bond donors (Lipinski definition) is 2. The van der Waals surface area contributed by atoms with Gasteiger partial charge in [-0.25, -0.2) is 4.98 Å². The SMILES string of the molecule is C#CCNC(=O)c1ccccc1NC(=O)c1cnc2ccccc2n1. The number of benzene rings is 2. The number of nitrogens with zero attached hydrogens (tertiary/aromatic N) is 2. The van der Waals surface area contributed by atoms with Crippen LogP contribution in [0.25, 0.3) is 11.0 Å². The van der Waals surface area contributed by atoms with Crippen molar-refractivity contribution in [1.82, 2.24) is 15.3 Å². The maximum atomic E-state index is 12.5. The molecule has 0 saturated heterocycles. The van der Waals surface area contributed by atoms with Crippen LogP contribution in [0.3, 0.4) is 0 Å². The van der Waals surface area contributed by atoms with Crippen LogP contribution in [0.4, 0.5) is 5.69 Å². The van der Waals surface area contributed by atoms with Gasteiger partial charge in [-0.15, -0.1) is 6.42 Å². The predicted molar refractivity (Wildman–Crippen MR) is 95.1 cm³/mol. The van der Waals surface area contributed by atoms with Gasteiger partial charge in [-0.05, 0) is 24.3 Å². The Balaban J connectivity index is 1.85. The Morgan fingerprint density at radius 3 is 2.52 bits per heavy atom. The first-order chi connectivity index (χ1) is 12.2. The average molecular weight is 330 g/mol. The number of terminal acetylenes is 1. The third kappa shape index (κ3) is 3.62. The Labute approximate surface area is 144 Å². The van der Waals surface area contributed by atoms with E-state index in [0.29, 0.717) is 22.3 Å². The van der Waals surface area contributed by atoms with E-state index in [0.717, 1.165) is 0 Å². The number of rotatable bonds is 4. The van der Waals surface area contributed by atoms with Crippen LogP contribution in [0.1, 0.15) is 20.8 Å². The summed E-state index contributed by atoms with van der Waals surface area (Å²) >= 11 is 0. The summed E-state index contributed by atoms with van der Waals surface area (Å²) in [5.74, 6) is 1.52. The number of carbonyl (C=O) groups excluding carboxylic acids is 2. The summed E-state index contributed by atoms with van der Waals surface area (Å²) < 4.78 is 0. The first-order valence-electron chi connectivity index (χ1n) is 7.53. The number of hydrogen-bond acceptors (Lipinski definition) is 4. The van der Waals surface area contributed by atoms with Gasteiger partial charge in [0.2, 0.25) is 0 Å². The van der Waals surface area contributed by atoms with E-state index in [9.17, 15) is 9.59 Å². The molecule has 2 N–H and O–H groups in total.